The van der Waals surface area contributed by atoms with E-state index in [1.165, 1.54) is 0 Å². The number of aliphatic hydroxyl groups is 1. The zero-order valence-corrected chi connectivity index (χ0v) is 16.9. The van der Waals surface area contributed by atoms with Crippen molar-refractivity contribution in [3.05, 3.63) is 30.5 Å². The van der Waals surface area contributed by atoms with Crippen molar-refractivity contribution in [1.82, 2.24) is 14.7 Å². The van der Waals surface area contributed by atoms with Gasteiger partial charge in [0.15, 0.2) is 17.3 Å². The van der Waals surface area contributed by atoms with Gasteiger partial charge in [-0.15, -0.1) is 0 Å². The molecule has 4 atom stereocenters. The molecule has 1 aromatic carbocycles. The second-order valence-electron chi connectivity index (χ2n) is 8.35. The third-order valence-electron chi connectivity index (χ3n) is 6.14. The lowest BCUT2D eigenvalue weighted by Crippen LogP contribution is -2.42. The van der Waals surface area contributed by atoms with Crippen LogP contribution in [0, 0.1) is 11.8 Å². The first kappa shape index (κ1) is 19.2. The maximum Gasteiger partial charge on any atom is 0.239 e. The van der Waals surface area contributed by atoms with E-state index >= 15 is 0 Å². The minimum absolute atomic E-state index is 0.0685. The molecule has 30 heavy (non-hydrogen) atoms. The predicted octanol–water partition coefficient (Wildman–Crippen LogP) is 1.24. The number of amides is 1. The van der Waals surface area contributed by atoms with Gasteiger partial charge in [0.2, 0.25) is 12.7 Å². The number of aromatic nitrogens is 2. The van der Waals surface area contributed by atoms with Crippen LogP contribution >= 0.6 is 0 Å². The number of aryl methyl sites for hydroxylation is 1. The number of likely N-dealkylation sites (tertiary alicyclic amines) is 1. The molecule has 2 fully saturated rings. The van der Waals surface area contributed by atoms with Gasteiger partial charge in [0.1, 0.15) is 11.9 Å². The van der Waals surface area contributed by atoms with Crippen molar-refractivity contribution in [3.63, 3.8) is 0 Å². The molecule has 0 unspecified atom stereocenters. The Bertz CT molecular complexity index is 932. The number of hydrogen-bond acceptors (Lipinski definition) is 7. The lowest BCUT2D eigenvalue weighted by molar-refractivity contribution is -0.117. The van der Waals surface area contributed by atoms with E-state index in [0.717, 1.165) is 19.5 Å². The standard InChI is InChI=1S/C21H26N4O5/c1-24-5-4-20(23-24)22-21(27)11-25-9-13-6-16(26)18(7-14(13)10-25)30-15-2-3-17-19(8-15)29-12-28-17/h2-5,8,13-14,16,18,26H,6-7,9-12H2,1H3,(H,22,23,27)/t13-,14+,16+,18+/m0/s1. The highest BCUT2D eigenvalue weighted by atomic mass is 16.7. The van der Waals surface area contributed by atoms with E-state index in [0.29, 0.717) is 47.9 Å². The number of hydrogen-bond donors (Lipinski definition) is 2. The molecular weight excluding hydrogens is 388 g/mol. The summed E-state index contributed by atoms with van der Waals surface area (Å²) in [6.45, 7) is 2.19. The van der Waals surface area contributed by atoms with Crippen molar-refractivity contribution in [2.24, 2.45) is 18.9 Å². The van der Waals surface area contributed by atoms with Gasteiger partial charge in [-0.1, -0.05) is 0 Å². The molecule has 9 heteroatoms. The lowest BCUT2D eigenvalue weighted by atomic mass is 9.78. The monoisotopic (exact) mass is 414 g/mol. The Labute approximate surface area is 174 Å². The summed E-state index contributed by atoms with van der Waals surface area (Å²) in [6.07, 6.45) is 2.44. The van der Waals surface area contributed by atoms with Crippen LogP contribution in [0.15, 0.2) is 30.5 Å². The number of carbonyl (C=O) groups excluding carboxylic acids is 1. The molecule has 160 valence electrons. The molecule has 3 heterocycles. The summed E-state index contributed by atoms with van der Waals surface area (Å²) >= 11 is 0. The number of nitrogens with one attached hydrogen (secondary N) is 1. The summed E-state index contributed by atoms with van der Waals surface area (Å²) in [6, 6.07) is 7.25. The van der Waals surface area contributed by atoms with Crippen LogP contribution in [0.5, 0.6) is 17.2 Å². The van der Waals surface area contributed by atoms with Gasteiger partial charge >= 0.3 is 0 Å². The SMILES string of the molecule is Cn1ccc(NC(=O)CN2C[C@H]3C[C@@H](Oc4ccc5c(c4)OCO5)[C@H](O)C[C@H]3C2)n1. The molecule has 9 nitrogen and oxygen atoms in total. The minimum Gasteiger partial charge on any atom is -0.488 e. The van der Waals surface area contributed by atoms with E-state index in [9.17, 15) is 9.90 Å². The maximum atomic E-state index is 12.3. The van der Waals surface area contributed by atoms with E-state index in [4.69, 9.17) is 14.2 Å². The number of nitrogens with zero attached hydrogens (tertiary/aromatic N) is 3. The van der Waals surface area contributed by atoms with Crippen LogP contribution in [-0.2, 0) is 11.8 Å². The molecule has 0 spiro atoms. The van der Waals surface area contributed by atoms with Crippen LogP contribution in [0.25, 0.3) is 0 Å². The van der Waals surface area contributed by atoms with Crippen LogP contribution in [-0.4, -0.2) is 64.3 Å². The molecule has 2 aromatic rings. The zero-order valence-electron chi connectivity index (χ0n) is 16.9. The van der Waals surface area contributed by atoms with E-state index in [-0.39, 0.29) is 18.8 Å². The van der Waals surface area contributed by atoms with Crippen LogP contribution < -0.4 is 19.5 Å². The molecule has 1 aliphatic carbocycles. The van der Waals surface area contributed by atoms with Crippen molar-refractivity contribution in [1.29, 1.82) is 0 Å². The third kappa shape index (κ3) is 3.95. The molecule has 0 bridgehead atoms. The van der Waals surface area contributed by atoms with Crippen molar-refractivity contribution in [3.8, 4) is 17.2 Å². The average molecular weight is 414 g/mol. The van der Waals surface area contributed by atoms with Gasteiger partial charge in [-0.05, 0) is 36.8 Å². The summed E-state index contributed by atoms with van der Waals surface area (Å²) in [5.41, 5.74) is 0. The van der Waals surface area contributed by atoms with Crippen LogP contribution in [0.1, 0.15) is 12.8 Å². The molecule has 0 radical (unpaired) electrons. The molecule has 2 N–H and O–H groups in total. The topological polar surface area (TPSA) is 98.1 Å². The smallest absolute Gasteiger partial charge is 0.239 e. The summed E-state index contributed by atoms with van der Waals surface area (Å²) in [5, 5.41) is 17.7. The summed E-state index contributed by atoms with van der Waals surface area (Å²) < 4.78 is 18.5. The molecule has 1 amide bonds. The Balaban J connectivity index is 1.16. The third-order valence-corrected chi connectivity index (χ3v) is 6.14. The van der Waals surface area contributed by atoms with Crippen molar-refractivity contribution in [2.75, 3.05) is 31.7 Å². The molecule has 5 rings (SSSR count). The van der Waals surface area contributed by atoms with Crippen LogP contribution in [0.4, 0.5) is 5.82 Å². The van der Waals surface area contributed by atoms with E-state index < -0.39 is 6.10 Å². The molecule has 2 aliphatic heterocycles. The summed E-state index contributed by atoms with van der Waals surface area (Å²) in [5.74, 6) is 3.32. The number of aliphatic hydroxyl groups excluding tert-OH is 1. The summed E-state index contributed by atoms with van der Waals surface area (Å²) in [7, 11) is 1.81. The van der Waals surface area contributed by atoms with Gasteiger partial charge in [-0.3, -0.25) is 14.4 Å². The fourth-order valence-corrected chi connectivity index (χ4v) is 4.74. The maximum absolute atomic E-state index is 12.3. The minimum atomic E-state index is -0.529. The van der Waals surface area contributed by atoms with Gasteiger partial charge in [0.25, 0.3) is 0 Å². The first-order valence-corrected chi connectivity index (χ1v) is 10.3. The number of rotatable bonds is 5. The lowest BCUT2D eigenvalue weighted by Gasteiger charge is -2.35. The highest BCUT2D eigenvalue weighted by Gasteiger charge is 2.43. The predicted molar refractivity (Wildman–Crippen MR) is 107 cm³/mol. The number of fused-ring (bicyclic) bond motifs is 2. The normalized spacial score (nSPS) is 27.7. The first-order valence-electron chi connectivity index (χ1n) is 10.3. The van der Waals surface area contributed by atoms with E-state index in [1.54, 1.807) is 16.9 Å². The molecule has 1 saturated heterocycles. The molecular formula is C21H26N4O5. The quantitative estimate of drug-likeness (QED) is 0.760. The molecule has 1 saturated carbocycles. The second kappa shape index (κ2) is 7.81. The van der Waals surface area contributed by atoms with Crippen molar-refractivity contribution in [2.45, 2.75) is 25.0 Å². The summed E-state index contributed by atoms with van der Waals surface area (Å²) in [4.78, 5) is 14.5. The first-order chi connectivity index (χ1) is 14.5. The number of ether oxygens (including phenoxy) is 3. The van der Waals surface area contributed by atoms with Crippen molar-refractivity contribution < 1.29 is 24.1 Å². The van der Waals surface area contributed by atoms with Gasteiger partial charge in [-0.25, -0.2) is 0 Å². The number of benzene rings is 1. The van der Waals surface area contributed by atoms with Crippen molar-refractivity contribution >= 4 is 11.7 Å². The average Bonchev–Trinajstić information content (AvgIpc) is 3.41. The number of anilines is 1. The van der Waals surface area contributed by atoms with Gasteiger partial charge < -0.3 is 24.6 Å². The van der Waals surface area contributed by atoms with Crippen LogP contribution in [0.2, 0.25) is 0 Å². The number of carbonyl (C=O) groups is 1. The van der Waals surface area contributed by atoms with E-state index in [2.05, 4.69) is 15.3 Å². The fourth-order valence-electron chi connectivity index (χ4n) is 4.74. The largest absolute Gasteiger partial charge is 0.488 e. The highest BCUT2D eigenvalue weighted by molar-refractivity contribution is 5.91. The van der Waals surface area contributed by atoms with Gasteiger partial charge in [-0.2, -0.15) is 5.10 Å². The Morgan fingerprint density at radius 2 is 2.03 bits per heavy atom. The van der Waals surface area contributed by atoms with Crippen LogP contribution in [0.3, 0.4) is 0 Å². The fraction of sp³-hybridized carbons (Fsp3) is 0.524. The zero-order chi connectivity index (χ0) is 20.7. The Hall–Kier alpha value is -2.78. The Morgan fingerprint density at radius 1 is 1.23 bits per heavy atom. The molecule has 1 aromatic heterocycles. The van der Waals surface area contributed by atoms with Gasteiger partial charge in [0.05, 0.1) is 12.6 Å². The Kier molecular flexibility index (Phi) is 5.00. The molecule has 3 aliphatic rings. The highest BCUT2D eigenvalue weighted by Crippen LogP contribution is 2.40. The Morgan fingerprint density at radius 3 is 2.83 bits per heavy atom. The van der Waals surface area contributed by atoms with E-state index in [1.807, 2.05) is 25.2 Å². The van der Waals surface area contributed by atoms with Gasteiger partial charge in [0, 0.05) is 38.5 Å². The second-order valence-corrected chi connectivity index (χ2v) is 8.35.